The Labute approximate surface area is 208 Å². The Bertz CT molecular complexity index is 1160. The summed E-state index contributed by atoms with van der Waals surface area (Å²) in [5.74, 6) is 1.82. The molecular weight excluding hydrogens is 436 g/mol. The van der Waals surface area contributed by atoms with E-state index in [9.17, 15) is 4.79 Å². The van der Waals surface area contributed by atoms with Gasteiger partial charge < -0.3 is 19.5 Å². The van der Waals surface area contributed by atoms with E-state index in [2.05, 4.69) is 61.0 Å². The van der Waals surface area contributed by atoms with Gasteiger partial charge in [0.1, 0.15) is 11.4 Å². The van der Waals surface area contributed by atoms with Crippen molar-refractivity contribution in [1.29, 1.82) is 0 Å². The van der Waals surface area contributed by atoms with Crippen LogP contribution in [0.4, 0.5) is 4.79 Å². The summed E-state index contributed by atoms with van der Waals surface area (Å²) in [6.07, 6.45) is 7.32. The summed E-state index contributed by atoms with van der Waals surface area (Å²) in [5.41, 5.74) is 5.62. The van der Waals surface area contributed by atoms with E-state index in [4.69, 9.17) is 9.72 Å². The third-order valence-electron chi connectivity index (χ3n) is 7.41. The molecule has 1 N–H and O–H groups in total. The van der Waals surface area contributed by atoms with Crippen molar-refractivity contribution in [3.63, 3.8) is 0 Å². The van der Waals surface area contributed by atoms with Crippen molar-refractivity contribution in [2.45, 2.75) is 58.8 Å². The molecule has 0 bridgehead atoms. The number of aryl methyl sites for hydroxylation is 1. The van der Waals surface area contributed by atoms with Crippen LogP contribution in [0.2, 0.25) is 0 Å². The van der Waals surface area contributed by atoms with E-state index in [1.54, 1.807) is 0 Å². The van der Waals surface area contributed by atoms with Gasteiger partial charge in [-0.05, 0) is 92.0 Å². The maximum atomic E-state index is 13.2. The molecule has 0 spiro atoms. The first-order valence-electron chi connectivity index (χ1n) is 13.2. The number of carbonyl (C=O) groups is 1. The number of hydrogen-bond acceptors (Lipinski definition) is 3. The van der Waals surface area contributed by atoms with E-state index in [0.717, 1.165) is 93.1 Å². The average Bonchev–Trinajstić information content (AvgIpc) is 3.52. The lowest BCUT2D eigenvalue weighted by Crippen LogP contribution is -2.46. The molecule has 2 fully saturated rings. The molecule has 2 aliphatic heterocycles. The van der Waals surface area contributed by atoms with Gasteiger partial charge in [0.25, 0.3) is 0 Å². The molecule has 0 aliphatic carbocycles. The lowest BCUT2D eigenvalue weighted by molar-refractivity contribution is 0.147. The first-order chi connectivity index (χ1) is 17.0. The minimum atomic E-state index is 0.214. The maximum Gasteiger partial charge on any atom is 0.320 e. The molecule has 2 saturated heterocycles. The van der Waals surface area contributed by atoms with Crippen molar-refractivity contribution in [2.75, 3.05) is 32.8 Å². The minimum absolute atomic E-state index is 0.214. The molecule has 0 radical (unpaired) electrons. The Morgan fingerprint density at radius 2 is 1.86 bits per heavy atom. The monoisotopic (exact) mass is 474 g/mol. The number of hydrogen-bond donors (Lipinski definition) is 1. The highest BCUT2D eigenvalue weighted by molar-refractivity contribution is 5.89. The van der Waals surface area contributed by atoms with Crippen LogP contribution in [0.25, 0.3) is 22.3 Å². The van der Waals surface area contributed by atoms with Gasteiger partial charge in [-0.15, -0.1) is 0 Å². The zero-order valence-electron chi connectivity index (χ0n) is 21.3. The van der Waals surface area contributed by atoms with E-state index in [0.29, 0.717) is 5.92 Å². The summed E-state index contributed by atoms with van der Waals surface area (Å²) >= 11 is 0. The number of nitrogens with one attached hydrogen (secondary N) is 1. The predicted octanol–water partition coefficient (Wildman–Crippen LogP) is 6.36. The van der Waals surface area contributed by atoms with Crippen molar-refractivity contribution in [3.05, 3.63) is 47.7 Å². The maximum absolute atomic E-state index is 13.2. The molecule has 2 aliphatic rings. The quantitative estimate of drug-likeness (QED) is 0.452. The molecule has 186 valence electrons. The second-order valence-corrected chi connectivity index (χ2v) is 10.6. The van der Waals surface area contributed by atoms with Crippen molar-refractivity contribution >= 4 is 17.1 Å². The molecule has 2 aromatic heterocycles. The first-order valence-corrected chi connectivity index (χ1v) is 13.2. The third-order valence-corrected chi connectivity index (χ3v) is 7.41. The molecule has 4 heterocycles. The summed E-state index contributed by atoms with van der Waals surface area (Å²) in [5, 5.41) is 1.18. The van der Waals surface area contributed by atoms with Gasteiger partial charge in [0, 0.05) is 43.7 Å². The van der Waals surface area contributed by atoms with Crippen LogP contribution < -0.4 is 4.74 Å². The number of benzene rings is 1. The van der Waals surface area contributed by atoms with E-state index < -0.39 is 0 Å². The minimum Gasteiger partial charge on any atom is -0.494 e. The van der Waals surface area contributed by atoms with Crippen LogP contribution in [0.5, 0.6) is 5.75 Å². The topological polar surface area (TPSA) is 61.5 Å². The lowest BCUT2D eigenvalue weighted by atomic mass is 9.87. The molecule has 3 aromatic rings. The summed E-state index contributed by atoms with van der Waals surface area (Å²) in [6.45, 7) is 10.7. The summed E-state index contributed by atoms with van der Waals surface area (Å²) in [7, 11) is 0. The van der Waals surface area contributed by atoms with Crippen LogP contribution in [-0.2, 0) is 0 Å². The van der Waals surface area contributed by atoms with Crippen LogP contribution in [0.3, 0.4) is 0 Å². The van der Waals surface area contributed by atoms with Crippen molar-refractivity contribution in [1.82, 2.24) is 19.8 Å². The number of likely N-dealkylation sites (tertiary alicyclic amines) is 2. The smallest absolute Gasteiger partial charge is 0.320 e. The van der Waals surface area contributed by atoms with Gasteiger partial charge in [0.2, 0.25) is 0 Å². The molecule has 6 heteroatoms. The average molecular weight is 475 g/mol. The van der Waals surface area contributed by atoms with Crippen LogP contribution in [0.15, 0.2) is 36.5 Å². The fourth-order valence-electron chi connectivity index (χ4n) is 5.47. The fourth-order valence-corrected chi connectivity index (χ4v) is 5.47. The highest BCUT2D eigenvalue weighted by Crippen LogP contribution is 2.40. The number of H-pyrrole nitrogens is 1. The molecule has 1 atom stereocenters. The standard InChI is InChI=1S/C29H38N4O2/c1-20(2)12-16-35-24-10-8-22(9-11-24)27-26(25-17-21(3)18-30-28(25)31-27)23-7-6-15-33(19-23)29(34)32-13-4-5-14-32/h8-11,17-18,20,23H,4-7,12-16,19H2,1-3H3,(H,30,31). The van der Waals surface area contributed by atoms with E-state index in [1.807, 2.05) is 11.1 Å². The molecular formula is C29H38N4O2. The summed E-state index contributed by atoms with van der Waals surface area (Å²) in [6, 6.07) is 10.9. The van der Waals surface area contributed by atoms with Gasteiger partial charge in [-0.2, -0.15) is 0 Å². The second-order valence-electron chi connectivity index (χ2n) is 10.6. The zero-order valence-corrected chi connectivity index (χ0v) is 21.3. The number of carbonyl (C=O) groups excluding carboxylic acids is 1. The van der Waals surface area contributed by atoms with Crippen molar-refractivity contribution < 1.29 is 9.53 Å². The Balaban J connectivity index is 1.44. The van der Waals surface area contributed by atoms with Gasteiger partial charge in [0.15, 0.2) is 0 Å². The zero-order chi connectivity index (χ0) is 24.4. The molecule has 6 nitrogen and oxygen atoms in total. The van der Waals surface area contributed by atoms with Gasteiger partial charge in [-0.3, -0.25) is 0 Å². The summed E-state index contributed by atoms with van der Waals surface area (Å²) < 4.78 is 5.95. The molecule has 0 saturated carbocycles. The van der Waals surface area contributed by atoms with E-state index in [1.165, 1.54) is 10.9 Å². The number of nitrogens with zero attached hydrogens (tertiary/aromatic N) is 3. The Morgan fingerprint density at radius 3 is 2.60 bits per heavy atom. The third kappa shape index (κ3) is 5.16. The molecule has 1 aromatic carbocycles. The van der Waals surface area contributed by atoms with Gasteiger partial charge in [-0.1, -0.05) is 13.8 Å². The SMILES string of the molecule is Cc1cnc2[nH]c(-c3ccc(OCCC(C)C)cc3)c(C3CCCN(C(=O)N4CCCC4)C3)c2c1. The highest BCUT2D eigenvalue weighted by Gasteiger charge is 2.32. The molecule has 35 heavy (non-hydrogen) atoms. The summed E-state index contributed by atoms with van der Waals surface area (Å²) in [4.78, 5) is 25.6. The molecule has 5 rings (SSSR count). The highest BCUT2D eigenvalue weighted by atomic mass is 16.5. The normalized spacial score (nSPS) is 18.6. The number of aromatic amines is 1. The number of fused-ring (bicyclic) bond motifs is 1. The first kappa shape index (κ1) is 23.7. The van der Waals surface area contributed by atoms with Crippen LogP contribution in [0.1, 0.15) is 63.0 Å². The number of pyridine rings is 1. The Kier molecular flexibility index (Phi) is 6.98. The van der Waals surface area contributed by atoms with Gasteiger partial charge in [0.05, 0.1) is 12.3 Å². The van der Waals surface area contributed by atoms with Crippen LogP contribution in [0, 0.1) is 12.8 Å². The predicted molar refractivity (Wildman–Crippen MR) is 141 cm³/mol. The fraction of sp³-hybridized carbons (Fsp3) is 0.517. The number of amides is 2. The van der Waals surface area contributed by atoms with Gasteiger partial charge in [-0.25, -0.2) is 9.78 Å². The number of aromatic nitrogens is 2. The van der Waals surface area contributed by atoms with Crippen LogP contribution in [-0.4, -0.2) is 58.6 Å². The van der Waals surface area contributed by atoms with Crippen LogP contribution >= 0.6 is 0 Å². The molecule has 1 unspecified atom stereocenters. The largest absolute Gasteiger partial charge is 0.494 e. The second kappa shape index (κ2) is 10.3. The number of urea groups is 1. The van der Waals surface area contributed by atoms with E-state index >= 15 is 0 Å². The van der Waals surface area contributed by atoms with Crippen molar-refractivity contribution in [3.8, 4) is 17.0 Å². The van der Waals surface area contributed by atoms with Crippen molar-refractivity contribution in [2.24, 2.45) is 5.92 Å². The van der Waals surface area contributed by atoms with Gasteiger partial charge >= 0.3 is 6.03 Å². The number of ether oxygens (including phenoxy) is 1. The Hall–Kier alpha value is -3.02. The molecule has 2 amide bonds. The Morgan fingerprint density at radius 1 is 1.11 bits per heavy atom. The number of piperidine rings is 1. The lowest BCUT2D eigenvalue weighted by Gasteiger charge is -2.35. The number of rotatable bonds is 6. The van der Waals surface area contributed by atoms with E-state index in [-0.39, 0.29) is 11.9 Å².